The lowest BCUT2D eigenvalue weighted by Crippen LogP contribution is -2.19. The van der Waals surface area contributed by atoms with Gasteiger partial charge in [0.1, 0.15) is 11.9 Å². The van der Waals surface area contributed by atoms with E-state index in [-0.39, 0.29) is 17.4 Å². The molecule has 5 nitrogen and oxygen atoms in total. The Morgan fingerprint density at radius 1 is 1.44 bits per heavy atom. The number of Topliss-reactive ketones (excluding diaryl/α,β-unsaturated/α-hetero) is 1. The summed E-state index contributed by atoms with van der Waals surface area (Å²) < 4.78 is 6.60. The quantitative estimate of drug-likeness (QED) is 0.650. The van der Waals surface area contributed by atoms with Crippen molar-refractivity contribution in [3.8, 4) is 0 Å². The van der Waals surface area contributed by atoms with Gasteiger partial charge in [0, 0.05) is 12.5 Å². The predicted octanol–water partition coefficient (Wildman–Crippen LogP) is 1.39. The molecule has 0 aliphatic carbocycles. The van der Waals surface area contributed by atoms with Crippen molar-refractivity contribution in [2.45, 2.75) is 13.0 Å². The van der Waals surface area contributed by atoms with Crippen LogP contribution in [0, 0.1) is 0 Å². The monoisotopic (exact) mass is 269 g/mol. The van der Waals surface area contributed by atoms with Crippen LogP contribution in [0.25, 0.3) is 10.9 Å². The minimum Gasteiger partial charge on any atom is -0.364 e. The molecule has 0 unspecified atom stereocenters. The van der Waals surface area contributed by atoms with E-state index in [4.69, 9.17) is 26.6 Å². The number of aliphatic hydroxyl groups is 2. The largest absolute Gasteiger partial charge is 0.364 e. The third kappa shape index (κ3) is 2.02. The topological polar surface area (TPSA) is 71.7 Å². The van der Waals surface area contributed by atoms with Crippen molar-refractivity contribution in [2.75, 3.05) is 7.11 Å². The fourth-order valence-corrected chi connectivity index (χ4v) is 2.23. The number of aliphatic hydroxyl groups excluding tert-OH is 1. The van der Waals surface area contributed by atoms with Crippen LogP contribution < -0.4 is 0 Å². The maximum absolute atomic E-state index is 11.8. The van der Waals surface area contributed by atoms with Gasteiger partial charge in [-0.2, -0.15) is 0 Å². The first-order valence-corrected chi connectivity index (χ1v) is 5.61. The van der Waals surface area contributed by atoms with Crippen LogP contribution in [0.15, 0.2) is 24.3 Å². The van der Waals surface area contributed by atoms with Gasteiger partial charge < -0.3 is 19.5 Å². The molecule has 18 heavy (non-hydrogen) atoms. The number of carbonyl (C=O) groups excluding carboxylic acids is 1. The number of ketones is 1. The Hall–Kier alpha value is -1.40. The summed E-state index contributed by atoms with van der Waals surface area (Å²) in [4.78, 5) is 11.8. The zero-order valence-electron chi connectivity index (χ0n) is 9.63. The molecule has 0 fully saturated rings. The Morgan fingerprint density at radius 2 is 2.11 bits per heavy atom. The molecule has 1 aromatic heterocycles. The molecular weight excluding hydrogens is 258 g/mol. The van der Waals surface area contributed by atoms with Gasteiger partial charge in [0.2, 0.25) is 12.1 Å². The summed E-state index contributed by atoms with van der Waals surface area (Å²) in [5.74, 6) is -0.828. The average Bonchev–Trinajstić information content (AvgIpc) is 2.62. The molecule has 0 aliphatic heterocycles. The first kappa shape index (κ1) is 13.0. The van der Waals surface area contributed by atoms with Crippen LogP contribution in [0.4, 0.5) is 0 Å². The molecule has 2 aromatic rings. The molecular formula is C12H12ClNO4. The average molecular weight is 270 g/mol. The first-order chi connectivity index (χ1) is 8.57. The van der Waals surface area contributed by atoms with Gasteiger partial charge >= 0.3 is 0 Å². The SMILES string of the molecule is COCn1c(Cl)c(C(=O)C(O)O)c2ccccc21. The van der Waals surface area contributed by atoms with Crippen LogP contribution in [-0.4, -0.2) is 34.0 Å². The summed E-state index contributed by atoms with van der Waals surface area (Å²) in [6.07, 6.45) is -2.08. The fourth-order valence-electron chi connectivity index (χ4n) is 1.89. The second-order valence-electron chi connectivity index (χ2n) is 3.77. The molecule has 2 N–H and O–H groups in total. The van der Waals surface area contributed by atoms with E-state index in [2.05, 4.69) is 0 Å². The number of ether oxygens (including phenoxy) is 1. The molecule has 96 valence electrons. The highest BCUT2D eigenvalue weighted by Crippen LogP contribution is 2.30. The van der Waals surface area contributed by atoms with E-state index in [1.54, 1.807) is 28.8 Å². The molecule has 2 rings (SSSR count). The number of hydrogen-bond donors (Lipinski definition) is 2. The number of carbonyl (C=O) groups is 1. The third-order valence-corrected chi connectivity index (χ3v) is 3.04. The fraction of sp³-hybridized carbons (Fsp3) is 0.250. The van der Waals surface area contributed by atoms with E-state index >= 15 is 0 Å². The maximum Gasteiger partial charge on any atom is 0.222 e. The van der Waals surface area contributed by atoms with Gasteiger partial charge in [-0.25, -0.2) is 0 Å². The molecule has 1 heterocycles. The number of nitrogens with zero attached hydrogens (tertiary/aromatic N) is 1. The molecule has 0 aliphatic rings. The Labute approximate surface area is 108 Å². The summed E-state index contributed by atoms with van der Waals surface area (Å²) in [6.45, 7) is 0.175. The summed E-state index contributed by atoms with van der Waals surface area (Å²) in [5, 5.41) is 18.7. The van der Waals surface area contributed by atoms with Crippen molar-refractivity contribution in [1.82, 2.24) is 4.57 Å². The van der Waals surface area contributed by atoms with E-state index in [1.165, 1.54) is 7.11 Å². The van der Waals surface area contributed by atoms with Crippen LogP contribution >= 0.6 is 11.6 Å². The van der Waals surface area contributed by atoms with E-state index in [1.807, 2.05) is 0 Å². The minimum atomic E-state index is -2.08. The summed E-state index contributed by atoms with van der Waals surface area (Å²) >= 11 is 6.11. The molecule has 0 amide bonds. The molecule has 0 saturated heterocycles. The number of benzene rings is 1. The van der Waals surface area contributed by atoms with Crippen molar-refractivity contribution >= 4 is 28.3 Å². The molecule has 1 aromatic carbocycles. The molecule has 0 radical (unpaired) electrons. The minimum absolute atomic E-state index is 0.0966. The summed E-state index contributed by atoms with van der Waals surface area (Å²) in [6, 6.07) is 7.02. The molecule has 0 spiro atoms. The van der Waals surface area contributed by atoms with Gasteiger partial charge in [-0.15, -0.1) is 0 Å². The van der Waals surface area contributed by atoms with Crippen molar-refractivity contribution in [3.63, 3.8) is 0 Å². The number of rotatable bonds is 4. The molecule has 0 saturated carbocycles. The standard InChI is InChI=1S/C12H12ClNO4/c1-18-6-14-8-5-3-2-4-7(8)9(11(14)13)10(15)12(16)17/h2-5,12,16-17H,6H2,1H3. The van der Waals surface area contributed by atoms with Crippen LogP contribution in [0.1, 0.15) is 10.4 Å². The molecule has 6 heteroatoms. The Morgan fingerprint density at radius 3 is 2.72 bits per heavy atom. The second-order valence-corrected chi connectivity index (χ2v) is 4.12. The third-order valence-electron chi connectivity index (χ3n) is 2.65. The summed E-state index contributed by atoms with van der Waals surface area (Å²) in [7, 11) is 1.51. The smallest absolute Gasteiger partial charge is 0.222 e. The number of para-hydroxylation sites is 1. The highest BCUT2D eigenvalue weighted by Gasteiger charge is 2.24. The lowest BCUT2D eigenvalue weighted by atomic mass is 10.1. The second kappa shape index (κ2) is 5.07. The van der Waals surface area contributed by atoms with Gasteiger partial charge in [0.15, 0.2) is 0 Å². The van der Waals surface area contributed by atoms with Crippen molar-refractivity contribution < 1.29 is 19.7 Å². The highest BCUT2D eigenvalue weighted by molar-refractivity contribution is 6.36. The van der Waals surface area contributed by atoms with Crippen LogP contribution in [0.5, 0.6) is 0 Å². The Balaban J connectivity index is 2.73. The van der Waals surface area contributed by atoms with Crippen LogP contribution in [0.3, 0.4) is 0 Å². The van der Waals surface area contributed by atoms with Gasteiger partial charge in [-0.1, -0.05) is 29.8 Å². The van der Waals surface area contributed by atoms with E-state index in [9.17, 15) is 4.79 Å². The van der Waals surface area contributed by atoms with Crippen molar-refractivity contribution in [3.05, 3.63) is 35.0 Å². The number of fused-ring (bicyclic) bond motifs is 1. The normalized spacial score (nSPS) is 11.4. The van der Waals surface area contributed by atoms with Crippen LogP contribution in [0.2, 0.25) is 5.15 Å². The van der Waals surface area contributed by atoms with E-state index < -0.39 is 12.1 Å². The number of hydrogen-bond acceptors (Lipinski definition) is 4. The highest BCUT2D eigenvalue weighted by atomic mass is 35.5. The maximum atomic E-state index is 11.8. The van der Waals surface area contributed by atoms with Crippen molar-refractivity contribution in [1.29, 1.82) is 0 Å². The lowest BCUT2D eigenvalue weighted by Gasteiger charge is -2.05. The van der Waals surface area contributed by atoms with Gasteiger partial charge in [0.25, 0.3) is 0 Å². The van der Waals surface area contributed by atoms with Gasteiger partial charge in [-0.05, 0) is 6.07 Å². The summed E-state index contributed by atoms with van der Waals surface area (Å²) in [5.41, 5.74) is 0.799. The first-order valence-electron chi connectivity index (χ1n) is 5.24. The van der Waals surface area contributed by atoms with Gasteiger partial charge in [-0.3, -0.25) is 4.79 Å². The van der Waals surface area contributed by atoms with Crippen LogP contribution in [-0.2, 0) is 11.5 Å². The molecule has 0 atom stereocenters. The van der Waals surface area contributed by atoms with Crippen molar-refractivity contribution in [2.24, 2.45) is 0 Å². The molecule has 0 bridgehead atoms. The Bertz CT molecular complexity index is 591. The zero-order chi connectivity index (χ0) is 13.3. The number of halogens is 1. The van der Waals surface area contributed by atoms with E-state index in [0.29, 0.717) is 10.9 Å². The predicted molar refractivity (Wildman–Crippen MR) is 66.5 cm³/mol. The zero-order valence-corrected chi connectivity index (χ0v) is 10.4. The lowest BCUT2D eigenvalue weighted by molar-refractivity contribution is -0.0194. The number of aromatic nitrogens is 1. The van der Waals surface area contributed by atoms with E-state index in [0.717, 1.165) is 0 Å². The Kier molecular flexibility index (Phi) is 3.68. The number of methoxy groups -OCH3 is 1. The van der Waals surface area contributed by atoms with Gasteiger partial charge in [0.05, 0.1) is 11.1 Å².